The Morgan fingerprint density at radius 1 is 1.37 bits per heavy atom. The van der Waals surface area contributed by atoms with E-state index in [-0.39, 0.29) is 18.4 Å². The second-order valence-corrected chi connectivity index (χ2v) is 6.78. The third-order valence-corrected chi connectivity index (χ3v) is 4.09. The second-order valence-electron chi connectivity index (χ2n) is 4.39. The van der Waals surface area contributed by atoms with E-state index in [4.69, 9.17) is 11.6 Å². The number of hydrogen-bond acceptors (Lipinski definition) is 3. The van der Waals surface area contributed by atoms with Gasteiger partial charge in [-0.05, 0) is 17.7 Å². The maximum absolute atomic E-state index is 11.5. The third-order valence-electron chi connectivity index (χ3n) is 2.36. The lowest BCUT2D eigenvalue weighted by atomic mass is 10.1. The van der Waals surface area contributed by atoms with Gasteiger partial charge in [-0.25, -0.2) is 13.1 Å². The molecule has 0 bridgehead atoms. The molecule has 0 radical (unpaired) electrons. The smallest absolute Gasteiger partial charge is 0.226 e. The first-order chi connectivity index (χ1) is 8.84. The van der Waals surface area contributed by atoms with Crippen LogP contribution in [0.2, 0.25) is 0 Å². The summed E-state index contributed by atoms with van der Waals surface area (Å²) in [6.07, 6.45) is 0. The van der Waals surface area contributed by atoms with Crippen molar-refractivity contribution in [2.75, 3.05) is 10.5 Å². The molecule has 7 heteroatoms. The number of alkyl halides is 1. The molecule has 0 aliphatic heterocycles. The molecular weight excluding hydrogens is 288 g/mol. The van der Waals surface area contributed by atoms with Crippen LogP contribution in [0.15, 0.2) is 24.3 Å². The lowest BCUT2D eigenvalue weighted by Crippen LogP contribution is -2.24. The monoisotopic (exact) mass is 304 g/mol. The predicted molar refractivity (Wildman–Crippen MR) is 76.4 cm³/mol. The fraction of sp³-hybridized carbons (Fsp3) is 0.417. The zero-order valence-corrected chi connectivity index (χ0v) is 12.4. The normalized spacial score (nSPS) is 11.6. The first-order valence-electron chi connectivity index (χ1n) is 5.77. The molecule has 1 rings (SSSR count). The Labute approximate surface area is 118 Å². The van der Waals surface area contributed by atoms with Gasteiger partial charge in [0.1, 0.15) is 5.21 Å². The van der Waals surface area contributed by atoms with Crippen LogP contribution in [0.4, 0.5) is 5.69 Å². The van der Waals surface area contributed by atoms with Crippen molar-refractivity contribution in [1.82, 2.24) is 4.72 Å². The minimum absolute atomic E-state index is 0.0847. The summed E-state index contributed by atoms with van der Waals surface area (Å²) in [6.45, 7) is 3.74. The van der Waals surface area contributed by atoms with Crippen LogP contribution in [-0.2, 0) is 21.4 Å². The van der Waals surface area contributed by atoms with Crippen LogP contribution >= 0.6 is 11.6 Å². The van der Waals surface area contributed by atoms with Crippen LogP contribution in [0.3, 0.4) is 0 Å². The van der Waals surface area contributed by atoms with Gasteiger partial charge in [-0.2, -0.15) is 0 Å². The zero-order chi connectivity index (χ0) is 14.5. The van der Waals surface area contributed by atoms with Gasteiger partial charge in [0.25, 0.3) is 0 Å². The summed E-state index contributed by atoms with van der Waals surface area (Å²) < 4.78 is 24.8. The molecular formula is C12H17ClN2O3S. The van der Waals surface area contributed by atoms with Gasteiger partial charge in [0.15, 0.2) is 0 Å². The molecule has 2 N–H and O–H groups in total. The maximum atomic E-state index is 11.5. The van der Waals surface area contributed by atoms with E-state index in [2.05, 4.69) is 10.0 Å². The topological polar surface area (TPSA) is 75.3 Å². The molecule has 1 aromatic rings. The van der Waals surface area contributed by atoms with Crippen LogP contribution in [0.25, 0.3) is 0 Å². The van der Waals surface area contributed by atoms with Crippen molar-refractivity contribution in [3.8, 4) is 0 Å². The Bertz CT molecular complexity index is 544. The highest BCUT2D eigenvalue weighted by molar-refractivity contribution is 7.90. The molecule has 0 aromatic heterocycles. The second kappa shape index (κ2) is 6.88. The van der Waals surface area contributed by atoms with Crippen molar-refractivity contribution in [3.63, 3.8) is 0 Å². The van der Waals surface area contributed by atoms with E-state index < -0.39 is 15.2 Å². The third kappa shape index (κ3) is 5.59. The molecule has 0 spiro atoms. The number of rotatable bonds is 6. The summed E-state index contributed by atoms with van der Waals surface area (Å²) in [5.41, 5.74) is 1.39. The number of benzene rings is 1. The van der Waals surface area contributed by atoms with E-state index in [9.17, 15) is 13.2 Å². The van der Waals surface area contributed by atoms with Crippen LogP contribution in [0.5, 0.6) is 0 Å². The molecule has 19 heavy (non-hydrogen) atoms. The number of amides is 1. The summed E-state index contributed by atoms with van der Waals surface area (Å²) in [4.78, 5) is 11.5. The van der Waals surface area contributed by atoms with Crippen molar-refractivity contribution >= 4 is 33.2 Å². The lowest BCUT2D eigenvalue weighted by Gasteiger charge is -2.09. The number of carbonyl (C=O) groups excluding carboxylic acids is 1. The highest BCUT2D eigenvalue weighted by atomic mass is 35.5. The maximum Gasteiger partial charge on any atom is 0.226 e. The fourth-order valence-corrected chi connectivity index (χ4v) is 1.97. The summed E-state index contributed by atoms with van der Waals surface area (Å²) >= 11 is 5.29. The summed E-state index contributed by atoms with van der Waals surface area (Å²) in [5, 5.41) is 2.28. The molecule has 0 heterocycles. The molecule has 1 aromatic carbocycles. The lowest BCUT2D eigenvalue weighted by molar-refractivity contribution is -0.118. The van der Waals surface area contributed by atoms with Crippen LogP contribution in [0.1, 0.15) is 19.4 Å². The number of sulfonamides is 1. The van der Waals surface area contributed by atoms with Gasteiger partial charge in [0, 0.05) is 18.2 Å². The highest BCUT2D eigenvalue weighted by Crippen LogP contribution is 2.12. The zero-order valence-electron chi connectivity index (χ0n) is 10.8. The fourth-order valence-electron chi connectivity index (χ4n) is 1.28. The van der Waals surface area contributed by atoms with E-state index >= 15 is 0 Å². The van der Waals surface area contributed by atoms with Gasteiger partial charge < -0.3 is 5.32 Å². The minimum atomic E-state index is -3.44. The number of carbonyl (C=O) groups is 1. The van der Waals surface area contributed by atoms with E-state index in [1.807, 2.05) is 0 Å². The summed E-state index contributed by atoms with van der Waals surface area (Å²) in [6, 6.07) is 6.99. The molecule has 1 amide bonds. The molecule has 0 fully saturated rings. The molecule has 5 nitrogen and oxygen atoms in total. The Morgan fingerprint density at radius 2 is 2.05 bits per heavy atom. The summed E-state index contributed by atoms with van der Waals surface area (Å²) in [5.74, 6) is -0.197. The highest BCUT2D eigenvalue weighted by Gasteiger charge is 2.09. The SMILES string of the molecule is CC(C)C(=O)Nc1cccc(CNS(=O)(=O)CCl)c1. The van der Waals surface area contributed by atoms with Crippen molar-refractivity contribution in [2.24, 2.45) is 5.92 Å². The van der Waals surface area contributed by atoms with Gasteiger partial charge in [0.2, 0.25) is 15.9 Å². The van der Waals surface area contributed by atoms with Gasteiger partial charge in [-0.1, -0.05) is 26.0 Å². The Hall–Kier alpha value is -1.11. The van der Waals surface area contributed by atoms with Gasteiger partial charge in [0.05, 0.1) is 0 Å². The van der Waals surface area contributed by atoms with Gasteiger partial charge in [-0.3, -0.25) is 4.79 Å². The quantitative estimate of drug-likeness (QED) is 0.788. The Morgan fingerprint density at radius 3 is 2.63 bits per heavy atom. The Kier molecular flexibility index (Phi) is 5.78. The Balaban J connectivity index is 2.70. The van der Waals surface area contributed by atoms with E-state index in [0.29, 0.717) is 5.69 Å². The molecule has 0 aliphatic rings. The molecule has 106 valence electrons. The van der Waals surface area contributed by atoms with Crippen LogP contribution < -0.4 is 10.0 Å². The molecule has 0 atom stereocenters. The first-order valence-corrected chi connectivity index (χ1v) is 7.96. The number of hydrogen-bond donors (Lipinski definition) is 2. The van der Waals surface area contributed by atoms with E-state index in [0.717, 1.165) is 5.56 Å². The van der Waals surface area contributed by atoms with Crippen LogP contribution in [-0.4, -0.2) is 19.5 Å². The number of halogens is 1. The first kappa shape index (κ1) is 15.9. The van der Waals surface area contributed by atoms with E-state index in [1.165, 1.54) is 0 Å². The number of nitrogens with one attached hydrogen (secondary N) is 2. The van der Waals surface area contributed by atoms with Crippen molar-refractivity contribution in [2.45, 2.75) is 20.4 Å². The van der Waals surface area contributed by atoms with Crippen molar-refractivity contribution in [3.05, 3.63) is 29.8 Å². The predicted octanol–water partition coefficient (Wildman–Crippen LogP) is 1.90. The average molecular weight is 305 g/mol. The average Bonchev–Trinajstić information content (AvgIpc) is 2.37. The summed E-state index contributed by atoms with van der Waals surface area (Å²) in [7, 11) is -3.44. The molecule has 0 aliphatic carbocycles. The molecule has 0 saturated carbocycles. The van der Waals surface area contributed by atoms with Gasteiger partial charge >= 0.3 is 0 Å². The molecule has 0 unspecified atom stereocenters. The number of anilines is 1. The van der Waals surface area contributed by atoms with Crippen LogP contribution in [0, 0.1) is 5.92 Å². The van der Waals surface area contributed by atoms with Crippen molar-refractivity contribution in [1.29, 1.82) is 0 Å². The van der Waals surface area contributed by atoms with Crippen molar-refractivity contribution < 1.29 is 13.2 Å². The minimum Gasteiger partial charge on any atom is -0.326 e. The van der Waals surface area contributed by atoms with Gasteiger partial charge in [-0.15, -0.1) is 11.6 Å². The largest absolute Gasteiger partial charge is 0.326 e. The standard InChI is InChI=1S/C12H17ClN2O3S/c1-9(2)12(16)15-11-5-3-4-10(6-11)7-14-19(17,18)8-13/h3-6,9,14H,7-8H2,1-2H3,(H,15,16). The van der Waals surface area contributed by atoms with E-state index in [1.54, 1.807) is 38.1 Å². The molecule has 0 saturated heterocycles.